The minimum Gasteiger partial charge on any atom is -0.480 e. The molecule has 34 heavy (non-hydrogen) atoms. The molecule has 0 aliphatic carbocycles. The molecule has 0 aliphatic heterocycles. The molecule has 0 fully saturated rings. The summed E-state index contributed by atoms with van der Waals surface area (Å²) in [6.07, 6.45) is 5.71. The highest BCUT2D eigenvalue weighted by molar-refractivity contribution is 7.98. The fourth-order valence-electron chi connectivity index (χ4n) is 3.25. The van der Waals surface area contributed by atoms with Crippen molar-refractivity contribution in [3.05, 3.63) is 18.2 Å². The number of carbonyl (C=O) groups excluding carboxylic acids is 3. The van der Waals surface area contributed by atoms with Crippen LogP contribution in [0.15, 0.2) is 12.5 Å². The molecule has 1 aromatic rings. The van der Waals surface area contributed by atoms with Crippen LogP contribution in [0, 0.1) is 11.8 Å². The minimum absolute atomic E-state index is 0.0560. The van der Waals surface area contributed by atoms with Gasteiger partial charge < -0.3 is 31.8 Å². The largest absolute Gasteiger partial charge is 0.480 e. The van der Waals surface area contributed by atoms with E-state index < -0.39 is 47.9 Å². The van der Waals surface area contributed by atoms with Gasteiger partial charge in [0.25, 0.3) is 0 Å². The van der Waals surface area contributed by atoms with Gasteiger partial charge >= 0.3 is 5.97 Å². The summed E-state index contributed by atoms with van der Waals surface area (Å²) in [5.74, 6) is -2.39. The molecule has 7 N–H and O–H groups in total. The van der Waals surface area contributed by atoms with Crippen LogP contribution in [0.3, 0.4) is 0 Å². The van der Waals surface area contributed by atoms with Gasteiger partial charge in [-0.3, -0.25) is 14.4 Å². The number of nitrogens with two attached hydrogens (primary N) is 1. The van der Waals surface area contributed by atoms with E-state index in [0.717, 1.165) is 0 Å². The molecule has 12 heteroatoms. The molecule has 0 aliphatic rings. The maximum atomic E-state index is 13.1. The van der Waals surface area contributed by atoms with Gasteiger partial charge in [0.05, 0.1) is 12.4 Å². The Morgan fingerprint density at radius 3 is 2.21 bits per heavy atom. The molecule has 1 rings (SSSR count). The van der Waals surface area contributed by atoms with E-state index in [2.05, 4.69) is 25.9 Å². The summed E-state index contributed by atoms with van der Waals surface area (Å²) in [6.45, 7) is 7.33. The molecular weight excluding hydrogens is 460 g/mol. The second kappa shape index (κ2) is 14.6. The molecule has 11 nitrogen and oxygen atoms in total. The molecule has 0 saturated carbocycles. The van der Waals surface area contributed by atoms with Gasteiger partial charge in [-0.15, -0.1) is 0 Å². The number of aromatic nitrogens is 2. The van der Waals surface area contributed by atoms with E-state index in [4.69, 9.17) is 5.73 Å². The summed E-state index contributed by atoms with van der Waals surface area (Å²) < 4.78 is 0. The van der Waals surface area contributed by atoms with E-state index >= 15 is 0 Å². The third-order valence-corrected chi connectivity index (χ3v) is 5.79. The Hall–Kier alpha value is -2.60. The van der Waals surface area contributed by atoms with Crippen molar-refractivity contribution in [2.45, 2.75) is 71.1 Å². The Bertz CT molecular complexity index is 802. The number of aliphatic carboxylic acids is 1. The monoisotopic (exact) mass is 498 g/mol. The standard InChI is InChI=1S/C22H38N6O5S/c1-12(2)8-17(20(30)26-16(22(32)33)6-7-34-5)27-21(31)18(13(3)4)28-19(29)15(23)9-14-10-24-11-25-14/h10-13,15-18H,6-9,23H2,1-5H3,(H,24,25)(H,26,30)(H,27,31)(H,28,29)(H,32,33). The number of rotatable bonds is 15. The number of amides is 3. The smallest absolute Gasteiger partial charge is 0.326 e. The minimum atomic E-state index is -1.13. The van der Waals surface area contributed by atoms with Crippen molar-refractivity contribution >= 4 is 35.5 Å². The number of carbonyl (C=O) groups is 4. The molecule has 0 spiro atoms. The van der Waals surface area contributed by atoms with Gasteiger partial charge in [-0.25, -0.2) is 9.78 Å². The number of hydrogen-bond donors (Lipinski definition) is 6. The number of imidazole rings is 1. The Kier molecular flexibility index (Phi) is 12.7. The summed E-state index contributed by atoms with van der Waals surface area (Å²) in [5, 5.41) is 17.3. The van der Waals surface area contributed by atoms with E-state index in [-0.39, 0.29) is 24.7 Å². The van der Waals surface area contributed by atoms with Crippen molar-refractivity contribution in [1.82, 2.24) is 25.9 Å². The highest BCUT2D eigenvalue weighted by Crippen LogP contribution is 2.10. The zero-order valence-electron chi connectivity index (χ0n) is 20.5. The second-order valence-electron chi connectivity index (χ2n) is 8.99. The van der Waals surface area contributed by atoms with Crippen molar-refractivity contribution in [1.29, 1.82) is 0 Å². The first-order chi connectivity index (χ1) is 16.0. The van der Waals surface area contributed by atoms with Crippen LogP contribution in [0.2, 0.25) is 0 Å². The molecule has 1 heterocycles. The third-order valence-electron chi connectivity index (χ3n) is 5.14. The molecule has 3 amide bonds. The lowest BCUT2D eigenvalue weighted by atomic mass is 9.99. The van der Waals surface area contributed by atoms with Crippen LogP contribution in [0.1, 0.15) is 46.2 Å². The lowest BCUT2D eigenvalue weighted by Crippen LogP contribution is -2.58. The quantitative estimate of drug-likeness (QED) is 0.199. The lowest BCUT2D eigenvalue weighted by molar-refractivity contribution is -0.142. The van der Waals surface area contributed by atoms with Crippen molar-refractivity contribution < 1.29 is 24.3 Å². The Morgan fingerprint density at radius 2 is 1.71 bits per heavy atom. The molecule has 4 unspecified atom stereocenters. The highest BCUT2D eigenvalue weighted by Gasteiger charge is 2.32. The average molecular weight is 499 g/mol. The first-order valence-electron chi connectivity index (χ1n) is 11.3. The van der Waals surface area contributed by atoms with Crippen LogP contribution in [0.4, 0.5) is 0 Å². The van der Waals surface area contributed by atoms with Crippen molar-refractivity contribution in [3.63, 3.8) is 0 Å². The Balaban J connectivity index is 2.88. The third kappa shape index (κ3) is 10.1. The van der Waals surface area contributed by atoms with Crippen molar-refractivity contribution in [3.8, 4) is 0 Å². The molecule has 0 radical (unpaired) electrons. The van der Waals surface area contributed by atoms with Crippen LogP contribution < -0.4 is 21.7 Å². The van der Waals surface area contributed by atoms with E-state index in [1.807, 2.05) is 20.1 Å². The zero-order valence-corrected chi connectivity index (χ0v) is 21.3. The van der Waals surface area contributed by atoms with Crippen LogP contribution in [0.5, 0.6) is 0 Å². The van der Waals surface area contributed by atoms with Gasteiger partial charge in [0.2, 0.25) is 17.7 Å². The van der Waals surface area contributed by atoms with Gasteiger partial charge in [-0.05, 0) is 36.7 Å². The predicted molar refractivity (Wildman–Crippen MR) is 131 cm³/mol. The lowest BCUT2D eigenvalue weighted by Gasteiger charge is -2.27. The maximum absolute atomic E-state index is 13.1. The van der Waals surface area contributed by atoms with Crippen LogP contribution in [-0.4, -0.2) is 74.9 Å². The number of thioether (sulfide) groups is 1. The number of nitrogens with one attached hydrogen (secondary N) is 4. The number of hydrogen-bond acceptors (Lipinski definition) is 7. The number of nitrogens with zero attached hydrogens (tertiary/aromatic N) is 1. The Labute approximate surface area is 204 Å². The van der Waals surface area contributed by atoms with Gasteiger partial charge in [-0.2, -0.15) is 11.8 Å². The van der Waals surface area contributed by atoms with Crippen LogP contribution in [0.25, 0.3) is 0 Å². The summed E-state index contributed by atoms with van der Waals surface area (Å²) in [7, 11) is 0. The molecular formula is C22H38N6O5S. The zero-order chi connectivity index (χ0) is 25.8. The van der Waals surface area contributed by atoms with Crippen molar-refractivity contribution in [2.24, 2.45) is 17.6 Å². The highest BCUT2D eigenvalue weighted by atomic mass is 32.2. The van der Waals surface area contributed by atoms with Gasteiger partial charge in [-0.1, -0.05) is 27.7 Å². The fourth-order valence-corrected chi connectivity index (χ4v) is 3.72. The van der Waals surface area contributed by atoms with Crippen LogP contribution in [-0.2, 0) is 25.6 Å². The van der Waals surface area contributed by atoms with Gasteiger partial charge in [0, 0.05) is 18.3 Å². The molecule has 192 valence electrons. The molecule has 0 saturated heterocycles. The summed E-state index contributed by atoms with van der Waals surface area (Å²) in [6, 6.07) is -3.81. The summed E-state index contributed by atoms with van der Waals surface area (Å²) in [4.78, 5) is 56.8. The first kappa shape index (κ1) is 29.4. The van der Waals surface area contributed by atoms with Gasteiger partial charge in [0.1, 0.15) is 18.1 Å². The SMILES string of the molecule is CSCCC(NC(=O)C(CC(C)C)NC(=O)C(NC(=O)C(N)Cc1cnc[nH]1)C(C)C)C(=O)O. The maximum Gasteiger partial charge on any atom is 0.326 e. The van der Waals surface area contributed by atoms with E-state index in [0.29, 0.717) is 17.9 Å². The van der Waals surface area contributed by atoms with Crippen LogP contribution >= 0.6 is 11.8 Å². The van der Waals surface area contributed by atoms with E-state index in [1.54, 1.807) is 20.0 Å². The van der Waals surface area contributed by atoms with Crippen molar-refractivity contribution in [2.75, 3.05) is 12.0 Å². The summed E-state index contributed by atoms with van der Waals surface area (Å²) >= 11 is 1.48. The second-order valence-corrected chi connectivity index (χ2v) is 9.97. The molecule has 4 atom stereocenters. The molecule has 0 bridgehead atoms. The first-order valence-corrected chi connectivity index (χ1v) is 12.7. The normalized spacial score (nSPS) is 14.8. The fraction of sp³-hybridized carbons (Fsp3) is 0.682. The predicted octanol–water partition coefficient (Wildman–Crippen LogP) is 0.274. The Morgan fingerprint density at radius 1 is 1.06 bits per heavy atom. The molecule has 1 aromatic heterocycles. The van der Waals surface area contributed by atoms with Gasteiger partial charge in [0.15, 0.2) is 0 Å². The van der Waals surface area contributed by atoms with E-state index in [1.165, 1.54) is 18.1 Å². The number of carboxylic acid groups (broad SMARTS) is 1. The molecule has 0 aromatic carbocycles. The number of aromatic amines is 1. The average Bonchev–Trinajstić information content (AvgIpc) is 3.26. The number of carboxylic acids is 1. The number of H-pyrrole nitrogens is 1. The topological polar surface area (TPSA) is 179 Å². The summed E-state index contributed by atoms with van der Waals surface area (Å²) in [5.41, 5.74) is 6.67. The van der Waals surface area contributed by atoms with E-state index in [9.17, 15) is 24.3 Å².